The molecular formula is C17H23N3O2. The summed E-state index contributed by atoms with van der Waals surface area (Å²) in [6.45, 7) is 3.61. The molecule has 0 atom stereocenters. The first kappa shape index (κ1) is 15.0. The van der Waals surface area contributed by atoms with E-state index in [-0.39, 0.29) is 6.61 Å². The minimum Gasteiger partial charge on any atom is -0.494 e. The number of aromatic nitrogens is 3. The van der Waals surface area contributed by atoms with Crippen LogP contribution in [0.1, 0.15) is 48.6 Å². The van der Waals surface area contributed by atoms with Crippen molar-refractivity contribution in [2.24, 2.45) is 0 Å². The molecule has 1 saturated carbocycles. The summed E-state index contributed by atoms with van der Waals surface area (Å²) in [5, 5.41) is 17.6. The third kappa shape index (κ3) is 3.65. The Labute approximate surface area is 130 Å². The maximum Gasteiger partial charge on any atom is 0.119 e. The molecule has 5 heteroatoms. The summed E-state index contributed by atoms with van der Waals surface area (Å²) < 4.78 is 7.72. The van der Waals surface area contributed by atoms with Crippen molar-refractivity contribution in [3.63, 3.8) is 0 Å². The average molecular weight is 301 g/mol. The van der Waals surface area contributed by atoms with Gasteiger partial charge in [-0.3, -0.25) is 0 Å². The van der Waals surface area contributed by atoms with Gasteiger partial charge in [0.1, 0.15) is 11.4 Å². The highest BCUT2D eigenvalue weighted by atomic mass is 16.5. The number of aliphatic hydroxyl groups excluding tert-OH is 1. The van der Waals surface area contributed by atoms with Crippen LogP contribution in [0.4, 0.5) is 0 Å². The molecule has 1 N–H and O–H groups in total. The number of hydrogen-bond acceptors (Lipinski definition) is 4. The minimum absolute atomic E-state index is 0.0116. The van der Waals surface area contributed by atoms with Crippen LogP contribution in [0.5, 0.6) is 5.75 Å². The summed E-state index contributed by atoms with van der Waals surface area (Å²) in [6, 6.07) is 8.12. The highest BCUT2D eigenvalue weighted by Crippen LogP contribution is 2.41. The van der Waals surface area contributed by atoms with Crippen molar-refractivity contribution in [1.82, 2.24) is 15.0 Å². The predicted molar refractivity (Wildman–Crippen MR) is 83.8 cm³/mol. The number of rotatable bonds is 8. The van der Waals surface area contributed by atoms with E-state index >= 15 is 0 Å². The maximum absolute atomic E-state index is 9.33. The Hall–Kier alpha value is -1.88. The second kappa shape index (κ2) is 6.92. The second-order valence-electron chi connectivity index (χ2n) is 5.95. The largest absolute Gasteiger partial charge is 0.494 e. The number of nitrogens with zero attached hydrogens (tertiary/aromatic N) is 3. The molecule has 2 aromatic rings. The van der Waals surface area contributed by atoms with Crippen LogP contribution in [0.2, 0.25) is 0 Å². The fourth-order valence-electron chi connectivity index (χ4n) is 2.70. The van der Waals surface area contributed by atoms with Crippen molar-refractivity contribution >= 4 is 0 Å². The van der Waals surface area contributed by atoms with Crippen LogP contribution in [0.25, 0.3) is 0 Å². The van der Waals surface area contributed by atoms with Crippen molar-refractivity contribution in [3.8, 4) is 5.75 Å². The van der Waals surface area contributed by atoms with Crippen molar-refractivity contribution in [2.75, 3.05) is 6.61 Å². The molecule has 1 aliphatic rings. The number of ether oxygens (including phenoxy) is 1. The van der Waals surface area contributed by atoms with Gasteiger partial charge in [0.2, 0.25) is 0 Å². The average Bonchev–Trinajstić information content (AvgIpc) is 3.27. The van der Waals surface area contributed by atoms with Gasteiger partial charge in [0.15, 0.2) is 0 Å². The molecule has 5 nitrogen and oxygen atoms in total. The first-order chi connectivity index (χ1) is 10.8. The van der Waals surface area contributed by atoms with Crippen LogP contribution < -0.4 is 4.74 Å². The van der Waals surface area contributed by atoms with Gasteiger partial charge in [-0.05, 0) is 50.3 Å². The van der Waals surface area contributed by atoms with Crippen LogP contribution >= 0.6 is 0 Å². The lowest BCUT2D eigenvalue weighted by atomic mass is 10.2. The van der Waals surface area contributed by atoms with Gasteiger partial charge in [0, 0.05) is 12.5 Å². The van der Waals surface area contributed by atoms with Crippen LogP contribution in [-0.4, -0.2) is 26.7 Å². The molecule has 0 saturated heterocycles. The van der Waals surface area contributed by atoms with Gasteiger partial charge in [-0.15, -0.1) is 5.10 Å². The molecule has 3 rings (SSSR count). The zero-order valence-corrected chi connectivity index (χ0v) is 13.0. The molecular weight excluding hydrogens is 278 g/mol. The third-order valence-corrected chi connectivity index (χ3v) is 3.98. The molecule has 0 unspecified atom stereocenters. The van der Waals surface area contributed by atoms with Gasteiger partial charge in [-0.2, -0.15) is 0 Å². The number of benzene rings is 1. The fourth-order valence-corrected chi connectivity index (χ4v) is 2.70. The van der Waals surface area contributed by atoms with Crippen LogP contribution in [0.15, 0.2) is 24.3 Å². The zero-order chi connectivity index (χ0) is 15.4. The quantitative estimate of drug-likeness (QED) is 0.762. The standard InChI is InChI=1S/C17H23N3O2/c1-13-5-4-6-15(11-13)22-10-3-2-9-20-17(14-7-8-14)16(12-21)18-19-20/h4-6,11,14,21H,2-3,7-10,12H2,1H3. The van der Waals surface area contributed by atoms with Gasteiger partial charge in [-0.25, -0.2) is 4.68 Å². The number of hydrogen-bond donors (Lipinski definition) is 1. The molecule has 0 aliphatic heterocycles. The van der Waals surface area contributed by atoms with E-state index in [0.29, 0.717) is 12.5 Å². The van der Waals surface area contributed by atoms with E-state index in [9.17, 15) is 5.11 Å². The van der Waals surface area contributed by atoms with E-state index in [2.05, 4.69) is 29.4 Å². The summed E-state index contributed by atoms with van der Waals surface area (Å²) in [5.41, 5.74) is 3.10. The Morgan fingerprint density at radius 3 is 2.91 bits per heavy atom. The van der Waals surface area contributed by atoms with Crippen molar-refractivity contribution in [2.45, 2.75) is 51.7 Å². The molecule has 1 aromatic heterocycles. The third-order valence-electron chi connectivity index (χ3n) is 3.98. The molecule has 0 radical (unpaired) electrons. The van der Waals surface area contributed by atoms with Crippen LogP contribution in [0.3, 0.4) is 0 Å². The van der Waals surface area contributed by atoms with E-state index in [1.807, 2.05) is 16.8 Å². The van der Waals surface area contributed by atoms with Gasteiger partial charge < -0.3 is 9.84 Å². The molecule has 0 spiro atoms. The molecule has 1 fully saturated rings. The van der Waals surface area contributed by atoms with Crippen molar-refractivity contribution in [1.29, 1.82) is 0 Å². The van der Waals surface area contributed by atoms with Crippen LogP contribution in [0, 0.1) is 6.92 Å². The summed E-state index contributed by atoms with van der Waals surface area (Å²) in [5.74, 6) is 1.49. The topological polar surface area (TPSA) is 60.2 Å². The number of unbranched alkanes of at least 4 members (excludes halogenated alkanes) is 1. The summed E-state index contributed by atoms with van der Waals surface area (Å²) >= 11 is 0. The molecule has 1 heterocycles. The molecule has 118 valence electrons. The maximum atomic E-state index is 9.33. The summed E-state index contributed by atoms with van der Waals surface area (Å²) in [7, 11) is 0. The molecule has 22 heavy (non-hydrogen) atoms. The van der Waals surface area contributed by atoms with Gasteiger partial charge in [0.25, 0.3) is 0 Å². The Kier molecular flexibility index (Phi) is 4.73. The second-order valence-corrected chi connectivity index (χ2v) is 5.95. The normalized spacial score (nSPS) is 14.3. The van der Waals surface area contributed by atoms with E-state index in [1.54, 1.807) is 0 Å². The fraction of sp³-hybridized carbons (Fsp3) is 0.529. The van der Waals surface area contributed by atoms with E-state index < -0.39 is 0 Å². The van der Waals surface area contributed by atoms with E-state index in [4.69, 9.17) is 4.74 Å². The number of aliphatic hydroxyl groups is 1. The highest BCUT2D eigenvalue weighted by molar-refractivity contribution is 5.27. The van der Waals surface area contributed by atoms with Gasteiger partial charge in [-0.1, -0.05) is 17.3 Å². The smallest absolute Gasteiger partial charge is 0.119 e. The van der Waals surface area contributed by atoms with Gasteiger partial charge >= 0.3 is 0 Å². The Morgan fingerprint density at radius 1 is 1.32 bits per heavy atom. The summed E-state index contributed by atoms with van der Waals surface area (Å²) in [6.07, 6.45) is 4.36. The van der Waals surface area contributed by atoms with Crippen LogP contribution in [-0.2, 0) is 13.2 Å². The summed E-state index contributed by atoms with van der Waals surface area (Å²) in [4.78, 5) is 0. The molecule has 0 bridgehead atoms. The van der Waals surface area contributed by atoms with E-state index in [0.717, 1.165) is 36.5 Å². The van der Waals surface area contributed by atoms with Crippen molar-refractivity contribution < 1.29 is 9.84 Å². The SMILES string of the molecule is Cc1cccc(OCCCCn2nnc(CO)c2C2CC2)c1. The first-order valence-electron chi connectivity index (χ1n) is 8.00. The monoisotopic (exact) mass is 301 g/mol. The lowest BCUT2D eigenvalue weighted by molar-refractivity contribution is 0.275. The number of aryl methyl sites for hydroxylation is 2. The Morgan fingerprint density at radius 2 is 2.18 bits per heavy atom. The molecule has 0 amide bonds. The lowest BCUT2D eigenvalue weighted by Crippen LogP contribution is -2.07. The van der Waals surface area contributed by atoms with E-state index in [1.165, 1.54) is 18.4 Å². The first-order valence-corrected chi connectivity index (χ1v) is 8.00. The minimum atomic E-state index is -0.0116. The lowest BCUT2D eigenvalue weighted by Gasteiger charge is -2.08. The molecule has 1 aliphatic carbocycles. The zero-order valence-electron chi connectivity index (χ0n) is 13.0. The Bertz CT molecular complexity index is 620. The van der Waals surface area contributed by atoms with Gasteiger partial charge in [0.05, 0.1) is 18.9 Å². The highest BCUT2D eigenvalue weighted by Gasteiger charge is 2.30. The van der Waals surface area contributed by atoms with Crippen molar-refractivity contribution in [3.05, 3.63) is 41.2 Å². The predicted octanol–water partition coefficient (Wildman–Crippen LogP) is 2.82. The molecule has 1 aromatic carbocycles. The Balaban J connectivity index is 1.45.